The molecule has 2 aliphatic rings. The molecule has 0 spiro atoms. The van der Waals surface area contributed by atoms with E-state index in [4.69, 9.17) is 0 Å². The summed E-state index contributed by atoms with van der Waals surface area (Å²) in [6, 6.07) is 5.44. The predicted octanol–water partition coefficient (Wildman–Crippen LogP) is 11.2. The van der Waals surface area contributed by atoms with Gasteiger partial charge in [0.05, 0.1) is 0 Å². The number of hydrogen-bond acceptors (Lipinski definition) is 2. The molecule has 47 heavy (non-hydrogen) atoms. The Morgan fingerprint density at radius 2 is 0.957 bits per heavy atom. The Hall–Kier alpha value is -2.57. The minimum atomic E-state index is -4.82. The van der Waals surface area contributed by atoms with Crippen LogP contribution in [0.5, 0.6) is 0 Å². The molecule has 256 valence electrons. The molecule has 0 aliphatic heterocycles. The molecule has 0 fully saturated rings. The van der Waals surface area contributed by atoms with Crippen LogP contribution in [0.1, 0.15) is 91.9 Å². The van der Waals surface area contributed by atoms with Crippen molar-refractivity contribution in [2.24, 2.45) is 11.8 Å². The molecular weight excluding hydrogens is 632 g/mol. The average molecular weight is 687 g/mol. The number of nitrogens with one attached hydrogen (secondary N) is 2. The molecule has 2 aromatic carbocycles. The van der Waals surface area contributed by atoms with Gasteiger partial charge in [0.2, 0.25) is 0 Å². The quantitative estimate of drug-likeness (QED) is 0.0823. The first-order chi connectivity index (χ1) is 22.8. The molecule has 0 radical (unpaired) electrons. The fourth-order valence-electron chi connectivity index (χ4n) is 7.40. The van der Waals surface area contributed by atoms with Gasteiger partial charge in [-0.15, -0.1) is 0 Å². The van der Waals surface area contributed by atoms with Gasteiger partial charge in [-0.3, -0.25) is 0 Å². The molecule has 2 aliphatic carbocycles. The normalized spacial score (nSPS) is 16.0. The zero-order chi connectivity index (χ0) is 33.8. The van der Waals surface area contributed by atoms with Crippen molar-refractivity contribution in [2.75, 3.05) is 23.7 Å². The van der Waals surface area contributed by atoms with E-state index >= 15 is 17.6 Å². The third-order valence-corrected chi connectivity index (χ3v) is 18.8. The summed E-state index contributed by atoms with van der Waals surface area (Å²) in [6.45, 7) is 9.70. The Kier molecular flexibility index (Phi) is 14.5. The number of allylic oxidation sites excluding steroid dienone is 8. The second kappa shape index (κ2) is 18.3. The van der Waals surface area contributed by atoms with Crippen molar-refractivity contribution < 1.29 is 34.2 Å². The van der Waals surface area contributed by atoms with Crippen molar-refractivity contribution in [3.05, 3.63) is 96.1 Å². The van der Waals surface area contributed by atoms with E-state index in [0.29, 0.717) is 24.9 Å². The zero-order valence-electron chi connectivity index (χ0n) is 28.7. The summed E-state index contributed by atoms with van der Waals surface area (Å²) in [5, 5.41) is 6.56. The molecule has 0 heterocycles. The van der Waals surface area contributed by atoms with E-state index in [1.165, 1.54) is 24.3 Å². The van der Waals surface area contributed by atoms with Crippen LogP contribution in [0.2, 0.25) is 8.45 Å². The summed E-state index contributed by atoms with van der Waals surface area (Å²) in [6.07, 6.45) is 25.5. The Labute approximate surface area is 284 Å². The first kappa shape index (κ1) is 37.3. The SMILES string of the molecule is CCCCCC(CC)CNc1ccc(F)[c]([Ti]([c]2c(F)ccc(NCC(CC)CCCCC)c2F)([CH]2C=CC=C2)[CH]2C=CC=C2)c1F. The molecule has 2 atom stereocenters. The van der Waals surface area contributed by atoms with E-state index in [2.05, 4.69) is 38.3 Å². The van der Waals surface area contributed by atoms with Gasteiger partial charge in [-0.2, -0.15) is 0 Å². The molecule has 0 saturated carbocycles. The second-order valence-corrected chi connectivity index (χ2v) is 19.7. The van der Waals surface area contributed by atoms with Crippen molar-refractivity contribution in [2.45, 2.75) is 100 Å². The van der Waals surface area contributed by atoms with Crippen molar-refractivity contribution in [1.82, 2.24) is 0 Å². The Bertz CT molecular complexity index is 1300. The molecule has 2 nitrogen and oxygen atoms in total. The number of unbranched alkanes of at least 4 members (excludes halogenated alkanes) is 4. The van der Waals surface area contributed by atoms with Gasteiger partial charge < -0.3 is 0 Å². The minimum absolute atomic E-state index is 0.141. The van der Waals surface area contributed by atoms with Gasteiger partial charge in [-0.25, -0.2) is 0 Å². The third-order valence-electron chi connectivity index (χ3n) is 10.3. The molecule has 0 saturated heterocycles. The molecule has 0 aromatic heterocycles. The van der Waals surface area contributed by atoms with Crippen LogP contribution in [0.15, 0.2) is 72.9 Å². The summed E-state index contributed by atoms with van der Waals surface area (Å²) >= 11 is -4.82. The van der Waals surface area contributed by atoms with Crippen molar-refractivity contribution in [1.29, 1.82) is 0 Å². The van der Waals surface area contributed by atoms with Crippen molar-refractivity contribution >= 4 is 19.1 Å². The number of hydrogen-bond donors (Lipinski definition) is 2. The Morgan fingerprint density at radius 1 is 0.574 bits per heavy atom. The van der Waals surface area contributed by atoms with Crippen molar-refractivity contribution in [3.8, 4) is 0 Å². The first-order valence-corrected chi connectivity index (χ1v) is 21.3. The second-order valence-electron chi connectivity index (χ2n) is 13.3. The van der Waals surface area contributed by atoms with Crippen LogP contribution in [0.25, 0.3) is 0 Å². The molecule has 0 amide bonds. The molecule has 2 N–H and O–H groups in total. The summed E-state index contributed by atoms with van der Waals surface area (Å²) < 4.78 is 65.7. The molecule has 7 heteroatoms. The van der Waals surface area contributed by atoms with E-state index in [1.54, 1.807) is 0 Å². The number of rotatable bonds is 20. The predicted molar refractivity (Wildman–Crippen MR) is 189 cm³/mol. The van der Waals surface area contributed by atoms with Crippen LogP contribution in [0.4, 0.5) is 28.9 Å². The van der Waals surface area contributed by atoms with Gasteiger partial charge in [0, 0.05) is 0 Å². The number of halogens is 4. The third kappa shape index (κ3) is 8.54. The van der Waals surface area contributed by atoms with Gasteiger partial charge >= 0.3 is 285 Å². The fraction of sp³-hybridized carbons (Fsp3) is 0.500. The topological polar surface area (TPSA) is 24.1 Å². The van der Waals surface area contributed by atoms with Crippen LogP contribution < -0.4 is 18.4 Å². The summed E-state index contributed by atoms with van der Waals surface area (Å²) in [7, 11) is 0. The van der Waals surface area contributed by atoms with Crippen LogP contribution in [0, 0.1) is 35.1 Å². The van der Waals surface area contributed by atoms with Crippen LogP contribution in [0.3, 0.4) is 0 Å². The fourth-order valence-corrected chi connectivity index (χ4v) is 16.2. The average Bonchev–Trinajstić information content (AvgIpc) is 3.81. The molecular formula is C40H54F4N2Ti. The molecule has 4 rings (SSSR count). The van der Waals surface area contributed by atoms with Crippen LogP contribution in [-0.4, -0.2) is 13.1 Å². The van der Waals surface area contributed by atoms with Gasteiger partial charge in [-0.05, 0) is 0 Å². The monoisotopic (exact) mass is 686 g/mol. The zero-order valence-corrected chi connectivity index (χ0v) is 30.3. The van der Waals surface area contributed by atoms with E-state index < -0.39 is 48.3 Å². The molecule has 2 unspecified atom stereocenters. The molecule has 0 bridgehead atoms. The standard InChI is InChI=1S/2C15H22F2N.2C5H5.Ti/c2*1-3-5-6-7-12(4-2)11-18-15-9-8-13(16)10-14(15)17;2*1-2-4-5-3-1;/h2*8-9,12,18H,3-7,11H2,1-2H3;2*1-5H;. The van der Waals surface area contributed by atoms with E-state index in [-0.39, 0.29) is 19.1 Å². The van der Waals surface area contributed by atoms with Crippen LogP contribution >= 0.6 is 0 Å². The number of benzene rings is 2. The summed E-state index contributed by atoms with van der Waals surface area (Å²) in [4.78, 5) is 0. The number of anilines is 2. The van der Waals surface area contributed by atoms with Gasteiger partial charge in [0.15, 0.2) is 0 Å². The van der Waals surface area contributed by atoms with Gasteiger partial charge in [0.1, 0.15) is 0 Å². The molecule has 2 aromatic rings. The summed E-state index contributed by atoms with van der Waals surface area (Å²) in [5.74, 6) is -2.26. The maximum absolute atomic E-state index is 17.1. The van der Waals surface area contributed by atoms with Gasteiger partial charge in [-0.1, -0.05) is 0 Å². The maximum atomic E-state index is 17.1. The van der Waals surface area contributed by atoms with Crippen LogP contribution in [-0.2, 0) is 16.6 Å². The first-order valence-electron chi connectivity index (χ1n) is 18.0. The Balaban J connectivity index is 1.84. The van der Waals surface area contributed by atoms with Crippen molar-refractivity contribution in [3.63, 3.8) is 0 Å². The van der Waals surface area contributed by atoms with E-state index in [9.17, 15) is 0 Å². The van der Waals surface area contributed by atoms with Gasteiger partial charge in [0.25, 0.3) is 0 Å². The Morgan fingerprint density at radius 3 is 1.30 bits per heavy atom. The summed E-state index contributed by atoms with van der Waals surface area (Å²) in [5.41, 5.74) is 0.380. The van der Waals surface area contributed by atoms with E-state index in [1.807, 2.05) is 48.6 Å². The van der Waals surface area contributed by atoms with E-state index in [0.717, 1.165) is 64.2 Å².